The van der Waals surface area contributed by atoms with Crippen molar-refractivity contribution in [2.75, 3.05) is 20.3 Å². The van der Waals surface area contributed by atoms with Crippen molar-refractivity contribution in [2.24, 2.45) is 0 Å². The van der Waals surface area contributed by atoms with Crippen LogP contribution in [0.4, 0.5) is 0 Å². The fourth-order valence-corrected chi connectivity index (χ4v) is 4.28. The van der Waals surface area contributed by atoms with Gasteiger partial charge in [-0.25, -0.2) is 0 Å². The Balaban J connectivity index is 2.23. The van der Waals surface area contributed by atoms with E-state index < -0.39 is 10.1 Å². The molecule has 0 spiro atoms. The molecule has 0 aliphatic carbocycles. The second kappa shape index (κ2) is 9.21. The predicted octanol–water partition coefficient (Wildman–Crippen LogP) is 3.41. The lowest BCUT2D eigenvalue weighted by Crippen LogP contribution is -2.31. The number of carbonyl (C=O) groups is 1. The maximum absolute atomic E-state index is 12.6. The number of amides is 1. The van der Waals surface area contributed by atoms with E-state index in [4.69, 9.17) is 20.5 Å². The van der Waals surface area contributed by atoms with Crippen molar-refractivity contribution in [1.82, 2.24) is 4.90 Å². The van der Waals surface area contributed by atoms with Crippen LogP contribution in [0.25, 0.3) is 0 Å². The average molecular weight is 412 g/mol. The first-order chi connectivity index (χ1) is 12.7. The number of ether oxygens (including phenoxy) is 1. The molecule has 0 bridgehead atoms. The predicted molar refractivity (Wildman–Crippen MR) is 103 cm³/mol. The molecule has 0 aromatic heterocycles. The summed E-state index contributed by atoms with van der Waals surface area (Å²) in [6.07, 6.45) is 0. The van der Waals surface area contributed by atoms with Crippen LogP contribution in [0.1, 0.15) is 18.1 Å². The quantitative estimate of drug-likeness (QED) is 0.622. The van der Waals surface area contributed by atoms with E-state index in [1.807, 2.05) is 0 Å². The van der Waals surface area contributed by atoms with Gasteiger partial charge in [0.15, 0.2) is 0 Å². The van der Waals surface area contributed by atoms with Crippen molar-refractivity contribution in [3.63, 3.8) is 0 Å². The Bertz CT molecular complexity index is 894. The van der Waals surface area contributed by atoms with E-state index in [1.165, 1.54) is 13.0 Å². The van der Waals surface area contributed by atoms with Crippen LogP contribution in [0.3, 0.4) is 0 Å². The molecular formula is C19H22ClNO5S. The van der Waals surface area contributed by atoms with E-state index in [2.05, 4.69) is 0 Å². The van der Waals surface area contributed by atoms with Gasteiger partial charge in [0.1, 0.15) is 10.6 Å². The minimum absolute atomic E-state index is 0.0532. The van der Waals surface area contributed by atoms with Crippen molar-refractivity contribution in [3.05, 3.63) is 58.6 Å². The Morgan fingerprint density at radius 2 is 1.89 bits per heavy atom. The molecule has 2 aromatic carbocycles. The Kier molecular flexibility index (Phi) is 7.24. The molecule has 0 N–H and O–H groups in total. The molecular weight excluding hydrogens is 390 g/mol. The van der Waals surface area contributed by atoms with E-state index in [9.17, 15) is 13.2 Å². The Labute approximate surface area is 164 Å². The van der Waals surface area contributed by atoms with Crippen LogP contribution in [-0.4, -0.2) is 39.5 Å². The highest BCUT2D eigenvalue weighted by atomic mass is 35.5. The van der Waals surface area contributed by atoms with Gasteiger partial charge in [-0.3, -0.25) is 4.79 Å². The van der Waals surface area contributed by atoms with Crippen molar-refractivity contribution in [3.8, 4) is 5.75 Å². The third-order valence-corrected chi connectivity index (χ3v) is 5.78. The Morgan fingerprint density at radius 1 is 1.19 bits per heavy atom. The summed E-state index contributed by atoms with van der Waals surface area (Å²) in [5, 5.41) is 0.105. The molecule has 0 atom stereocenters. The van der Waals surface area contributed by atoms with Gasteiger partial charge in [0.2, 0.25) is 5.91 Å². The molecule has 6 nitrogen and oxygen atoms in total. The van der Waals surface area contributed by atoms with Gasteiger partial charge in [-0.15, -0.1) is 0 Å². The van der Waals surface area contributed by atoms with Crippen LogP contribution in [0, 0.1) is 6.92 Å². The largest absolute Gasteiger partial charge is 0.383 e. The zero-order valence-corrected chi connectivity index (χ0v) is 17.0. The normalized spacial score (nSPS) is 11.3. The molecule has 8 heteroatoms. The third kappa shape index (κ3) is 5.69. The highest BCUT2D eigenvalue weighted by Crippen LogP contribution is 2.28. The molecule has 146 valence electrons. The van der Waals surface area contributed by atoms with Crippen molar-refractivity contribution in [2.45, 2.75) is 25.3 Å². The molecule has 0 aliphatic rings. The number of hydrogen-bond acceptors (Lipinski definition) is 5. The lowest BCUT2D eigenvalue weighted by molar-refractivity contribution is -0.130. The van der Waals surface area contributed by atoms with Crippen LogP contribution < -0.4 is 4.18 Å². The first kappa shape index (κ1) is 21.2. The smallest absolute Gasteiger partial charge is 0.340 e. The minimum Gasteiger partial charge on any atom is -0.383 e. The molecule has 0 fully saturated rings. The summed E-state index contributed by atoms with van der Waals surface area (Å²) < 4.78 is 35.6. The van der Waals surface area contributed by atoms with Crippen molar-refractivity contribution < 1.29 is 22.1 Å². The molecule has 0 saturated carbocycles. The van der Waals surface area contributed by atoms with Gasteiger partial charge < -0.3 is 13.8 Å². The van der Waals surface area contributed by atoms with E-state index >= 15 is 0 Å². The number of nitrogens with zero attached hydrogens (tertiary/aromatic N) is 1. The van der Waals surface area contributed by atoms with Crippen LogP contribution in [-0.2, 0) is 26.2 Å². The summed E-state index contributed by atoms with van der Waals surface area (Å²) in [6, 6.07) is 11.4. The van der Waals surface area contributed by atoms with Gasteiger partial charge in [-0.05, 0) is 36.2 Å². The standard InChI is InChI=1S/C19H22ClNO5S/c1-14-6-4-9-18(20)19(14)27(23,24)26-17-8-5-7-16(12-17)13-21(15(2)22)10-11-25-3/h4-9,12H,10-11,13H2,1-3H3. The van der Waals surface area contributed by atoms with Crippen molar-refractivity contribution >= 4 is 27.6 Å². The second-order valence-corrected chi connectivity index (χ2v) is 7.89. The first-order valence-electron chi connectivity index (χ1n) is 8.27. The van der Waals surface area contributed by atoms with E-state index in [1.54, 1.807) is 55.3 Å². The number of halogens is 1. The van der Waals surface area contributed by atoms with Gasteiger partial charge in [0.05, 0.1) is 11.6 Å². The summed E-state index contributed by atoms with van der Waals surface area (Å²) in [4.78, 5) is 13.3. The van der Waals surface area contributed by atoms with Crippen LogP contribution in [0.5, 0.6) is 5.75 Å². The number of carbonyl (C=O) groups excluding carboxylic acids is 1. The van der Waals surface area contributed by atoms with E-state index in [0.717, 1.165) is 5.56 Å². The molecule has 0 heterocycles. The summed E-state index contributed by atoms with van der Waals surface area (Å²) in [5.74, 6) is 0.0553. The molecule has 2 aromatic rings. The molecule has 0 saturated heterocycles. The Morgan fingerprint density at radius 3 is 2.52 bits per heavy atom. The molecule has 0 radical (unpaired) electrons. The van der Waals surface area contributed by atoms with Crippen LogP contribution >= 0.6 is 11.6 Å². The van der Waals surface area contributed by atoms with Gasteiger partial charge in [-0.1, -0.05) is 35.9 Å². The highest BCUT2D eigenvalue weighted by molar-refractivity contribution is 7.87. The van der Waals surface area contributed by atoms with E-state index in [0.29, 0.717) is 25.3 Å². The molecule has 0 aliphatic heterocycles. The fraction of sp³-hybridized carbons (Fsp3) is 0.316. The second-order valence-electron chi connectivity index (χ2n) is 6.00. The maximum atomic E-state index is 12.6. The summed E-state index contributed by atoms with van der Waals surface area (Å²) in [5.41, 5.74) is 1.24. The first-order valence-corrected chi connectivity index (χ1v) is 10.1. The lowest BCUT2D eigenvalue weighted by atomic mass is 10.2. The fourth-order valence-electron chi connectivity index (χ4n) is 2.57. The van der Waals surface area contributed by atoms with E-state index in [-0.39, 0.29) is 21.6 Å². The zero-order chi connectivity index (χ0) is 20.0. The topological polar surface area (TPSA) is 72.9 Å². The SMILES string of the molecule is COCCN(Cc1cccc(OS(=O)(=O)c2c(C)cccc2Cl)c1)C(C)=O. The molecule has 2 rings (SSSR count). The minimum atomic E-state index is -4.08. The van der Waals surface area contributed by atoms with Crippen LogP contribution in [0.2, 0.25) is 5.02 Å². The molecule has 0 unspecified atom stereocenters. The lowest BCUT2D eigenvalue weighted by Gasteiger charge is -2.21. The summed E-state index contributed by atoms with van der Waals surface area (Å²) >= 11 is 6.05. The highest BCUT2D eigenvalue weighted by Gasteiger charge is 2.23. The number of rotatable bonds is 8. The number of benzene rings is 2. The third-order valence-electron chi connectivity index (χ3n) is 3.90. The Hall–Kier alpha value is -2.09. The average Bonchev–Trinajstić information content (AvgIpc) is 2.57. The number of methoxy groups -OCH3 is 1. The summed E-state index contributed by atoms with van der Waals surface area (Å²) in [6.45, 7) is 4.30. The molecule has 27 heavy (non-hydrogen) atoms. The maximum Gasteiger partial charge on any atom is 0.340 e. The number of aryl methyl sites for hydroxylation is 1. The van der Waals surface area contributed by atoms with Gasteiger partial charge in [0.25, 0.3) is 0 Å². The zero-order valence-electron chi connectivity index (χ0n) is 15.4. The monoisotopic (exact) mass is 411 g/mol. The van der Waals surface area contributed by atoms with Gasteiger partial charge in [-0.2, -0.15) is 8.42 Å². The number of hydrogen-bond donors (Lipinski definition) is 0. The van der Waals surface area contributed by atoms with Gasteiger partial charge >= 0.3 is 10.1 Å². The summed E-state index contributed by atoms with van der Waals surface area (Å²) in [7, 11) is -2.52. The van der Waals surface area contributed by atoms with Crippen molar-refractivity contribution in [1.29, 1.82) is 0 Å². The van der Waals surface area contributed by atoms with Gasteiger partial charge in [0, 0.05) is 27.1 Å². The van der Waals surface area contributed by atoms with Crippen LogP contribution in [0.15, 0.2) is 47.4 Å². The molecule has 1 amide bonds.